The topological polar surface area (TPSA) is 0 Å². The van der Waals surface area contributed by atoms with Crippen molar-refractivity contribution in [1.82, 2.24) is 0 Å². The Morgan fingerprint density at radius 2 is 1.00 bits per heavy atom. The van der Waals surface area contributed by atoms with E-state index in [2.05, 4.69) is 38.1 Å². The van der Waals surface area contributed by atoms with Gasteiger partial charge in [0.05, 0.1) is 0 Å². The zero-order valence-electron chi connectivity index (χ0n) is 18.9. The lowest BCUT2D eigenvalue weighted by atomic mass is 9.75. The van der Waals surface area contributed by atoms with E-state index in [-0.39, 0.29) is 0 Å². The van der Waals surface area contributed by atoms with Crippen LogP contribution in [0.1, 0.15) is 140 Å². The van der Waals surface area contributed by atoms with E-state index in [4.69, 9.17) is 0 Å². The molecule has 0 heteroatoms. The van der Waals surface area contributed by atoms with Crippen molar-refractivity contribution in [2.45, 2.75) is 128 Å². The van der Waals surface area contributed by atoms with Gasteiger partial charge in [-0.15, -0.1) is 0 Å². The summed E-state index contributed by atoms with van der Waals surface area (Å²) in [6.45, 7) is 4.65. The van der Waals surface area contributed by atoms with E-state index < -0.39 is 0 Å². The first-order valence-corrected chi connectivity index (χ1v) is 12.9. The van der Waals surface area contributed by atoms with Crippen LogP contribution >= 0.6 is 0 Å². The van der Waals surface area contributed by atoms with Crippen LogP contribution in [0, 0.1) is 11.8 Å². The molecular weight excluding hydrogens is 336 g/mol. The summed E-state index contributed by atoms with van der Waals surface area (Å²) in [6.07, 6.45) is 23.1. The van der Waals surface area contributed by atoms with E-state index in [0.717, 1.165) is 23.7 Å². The molecule has 28 heavy (non-hydrogen) atoms. The summed E-state index contributed by atoms with van der Waals surface area (Å²) < 4.78 is 0. The molecule has 0 heterocycles. The molecule has 0 aromatic heterocycles. The Hall–Kier alpha value is -0.780. The van der Waals surface area contributed by atoms with Crippen LogP contribution in [0.2, 0.25) is 0 Å². The molecule has 2 aliphatic carbocycles. The Bertz CT molecular complexity index is 511. The van der Waals surface area contributed by atoms with Crippen molar-refractivity contribution in [1.29, 1.82) is 0 Å². The molecule has 0 bridgehead atoms. The molecule has 0 amide bonds. The molecule has 1 aromatic rings. The first-order chi connectivity index (χ1) is 13.8. The van der Waals surface area contributed by atoms with Crippen LogP contribution in [0.3, 0.4) is 0 Å². The van der Waals surface area contributed by atoms with Crippen molar-refractivity contribution < 1.29 is 0 Å². The quantitative estimate of drug-likeness (QED) is 0.353. The zero-order chi connectivity index (χ0) is 19.6. The Balaban J connectivity index is 1.39. The second-order valence-corrected chi connectivity index (χ2v) is 10.1. The highest BCUT2D eigenvalue weighted by Gasteiger charge is 2.24. The highest BCUT2D eigenvalue weighted by atomic mass is 14.3. The second-order valence-electron chi connectivity index (χ2n) is 10.1. The van der Waals surface area contributed by atoms with E-state index >= 15 is 0 Å². The predicted molar refractivity (Wildman–Crippen MR) is 124 cm³/mol. The molecule has 0 atom stereocenters. The van der Waals surface area contributed by atoms with Crippen LogP contribution in [-0.2, 0) is 0 Å². The summed E-state index contributed by atoms with van der Waals surface area (Å²) in [5, 5.41) is 0. The molecule has 0 saturated heterocycles. The summed E-state index contributed by atoms with van der Waals surface area (Å²) in [6, 6.07) is 9.95. The smallest absolute Gasteiger partial charge is 0.0162 e. The largest absolute Gasteiger partial charge is 0.0654 e. The van der Waals surface area contributed by atoms with Crippen LogP contribution in [-0.4, -0.2) is 0 Å². The van der Waals surface area contributed by atoms with E-state index in [9.17, 15) is 0 Å². The third-order valence-electron chi connectivity index (χ3n) is 7.99. The van der Waals surface area contributed by atoms with Crippen molar-refractivity contribution in [3.8, 4) is 0 Å². The summed E-state index contributed by atoms with van der Waals surface area (Å²) in [5.41, 5.74) is 3.25. The van der Waals surface area contributed by atoms with Crippen molar-refractivity contribution in [2.24, 2.45) is 11.8 Å². The first kappa shape index (κ1) is 21.9. The molecule has 3 rings (SSSR count). The number of hydrogen-bond acceptors (Lipinski definition) is 0. The summed E-state index contributed by atoms with van der Waals surface area (Å²) >= 11 is 0. The van der Waals surface area contributed by atoms with Gasteiger partial charge < -0.3 is 0 Å². The van der Waals surface area contributed by atoms with Crippen molar-refractivity contribution in [2.75, 3.05) is 0 Å². The third kappa shape index (κ3) is 6.64. The van der Waals surface area contributed by atoms with Gasteiger partial charge in [-0.25, -0.2) is 0 Å². The van der Waals surface area contributed by atoms with Crippen LogP contribution in [0.4, 0.5) is 0 Å². The fraction of sp³-hybridized carbons (Fsp3) is 0.786. The maximum absolute atomic E-state index is 2.49. The van der Waals surface area contributed by atoms with Crippen molar-refractivity contribution in [3.05, 3.63) is 35.4 Å². The minimum absolute atomic E-state index is 0.839. The molecule has 0 radical (unpaired) electrons. The molecule has 0 aliphatic heterocycles. The standard InChI is InChI=1S/C28H46/c1-3-5-6-7-8-10-24-13-17-26(18-14-24)28-21-19-27(20-22-28)25-15-11-23(9-4-2)12-16-25/h19-26H,3-18H2,1-2H3/t23-,24-,25-,26-. The Labute approximate surface area is 175 Å². The van der Waals surface area contributed by atoms with Gasteiger partial charge in [0, 0.05) is 0 Å². The Morgan fingerprint density at radius 3 is 1.46 bits per heavy atom. The van der Waals surface area contributed by atoms with Crippen LogP contribution in [0.25, 0.3) is 0 Å². The molecule has 0 spiro atoms. The molecule has 0 nitrogen and oxygen atoms in total. The van der Waals surface area contributed by atoms with E-state index in [1.165, 1.54) is 103 Å². The summed E-state index contributed by atoms with van der Waals surface area (Å²) in [5.74, 6) is 3.72. The Morgan fingerprint density at radius 1 is 0.536 bits per heavy atom. The second kappa shape index (κ2) is 12.0. The normalized spacial score (nSPS) is 28.4. The minimum atomic E-state index is 0.839. The van der Waals surface area contributed by atoms with Gasteiger partial charge in [-0.05, 0) is 86.2 Å². The van der Waals surface area contributed by atoms with Crippen molar-refractivity contribution in [3.63, 3.8) is 0 Å². The molecule has 158 valence electrons. The fourth-order valence-corrected chi connectivity index (χ4v) is 6.05. The summed E-state index contributed by atoms with van der Waals surface area (Å²) in [4.78, 5) is 0. The number of rotatable bonds is 10. The van der Waals surface area contributed by atoms with Gasteiger partial charge in [0.1, 0.15) is 0 Å². The molecule has 0 N–H and O–H groups in total. The van der Waals surface area contributed by atoms with E-state index in [1.54, 1.807) is 11.1 Å². The highest BCUT2D eigenvalue weighted by molar-refractivity contribution is 5.28. The fourth-order valence-electron chi connectivity index (χ4n) is 6.05. The van der Waals surface area contributed by atoms with Crippen molar-refractivity contribution >= 4 is 0 Å². The SMILES string of the molecule is CCCCCCC[C@H]1CC[C@H](c2ccc([C@H]3CC[C@H](CCC)CC3)cc2)CC1. The lowest BCUT2D eigenvalue weighted by molar-refractivity contribution is 0.301. The van der Waals surface area contributed by atoms with E-state index in [0.29, 0.717) is 0 Å². The lowest BCUT2D eigenvalue weighted by Crippen LogP contribution is -2.14. The van der Waals surface area contributed by atoms with Gasteiger partial charge in [0.2, 0.25) is 0 Å². The van der Waals surface area contributed by atoms with Crippen LogP contribution < -0.4 is 0 Å². The van der Waals surface area contributed by atoms with Gasteiger partial charge >= 0.3 is 0 Å². The molecular formula is C28H46. The first-order valence-electron chi connectivity index (χ1n) is 12.9. The monoisotopic (exact) mass is 382 g/mol. The van der Waals surface area contributed by atoms with Crippen LogP contribution in [0.5, 0.6) is 0 Å². The Kier molecular flexibility index (Phi) is 9.42. The van der Waals surface area contributed by atoms with Gasteiger partial charge in [0.15, 0.2) is 0 Å². The average Bonchev–Trinajstić information content (AvgIpc) is 2.75. The number of unbranched alkanes of at least 4 members (excludes halogenated alkanes) is 4. The molecule has 1 aromatic carbocycles. The molecule has 2 saturated carbocycles. The minimum Gasteiger partial charge on any atom is -0.0654 e. The molecule has 2 fully saturated rings. The van der Waals surface area contributed by atoms with Gasteiger partial charge in [-0.3, -0.25) is 0 Å². The molecule has 0 unspecified atom stereocenters. The zero-order valence-corrected chi connectivity index (χ0v) is 18.9. The number of hydrogen-bond donors (Lipinski definition) is 0. The number of benzene rings is 1. The third-order valence-corrected chi connectivity index (χ3v) is 7.99. The van der Waals surface area contributed by atoms with Gasteiger partial charge in [-0.2, -0.15) is 0 Å². The van der Waals surface area contributed by atoms with Crippen LogP contribution in [0.15, 0.2) is 24.3 Å². The maximum Gasteiger partial charge on any atom is -0.0162 e. The van der Waals surface area contributed by atoms with Gasteiger partial charge in [-0.1, -0.05) is 89.5 Å². The lowest BCUT2D eigenvalue weighted by Gasteiger charge is -2.30. The van der Waals surface area contributed by atoms with Gasteiger partial charge in [0.25, 0.3) is 0 Å². The summed E-state index contributed by atoms with van der Waals surface area (Å²) in [7, 11) is 0. The molecule has 2 aliphatic rings. The van der Waals surface area contributed by atoms with E-state index in [1.807, 2.05) is 0 Å². The maximum atomic E-state index is 2.49. The highest BCUT2D eigenvalue weighted by Crippen LogP contribution is 2.40. The average molecular weight is 383 g/mol. The predicted octanol–water partition coefficient (Wildman–Crippen LogP) is 9.39.